The topological polar surface area (TPSA) is 54.4 Å². The molecule has 0 heterocycles. The van der Waals surface area contributed by atoms with Crippen LogP contribution in [0.15, 0.2) is 71.6 Å². The van der Waals surface area contributed by atoms with Gasteiger partial charge in [0.2, 0.25) is 0 Å². The van der Waals surface area contributed by atoms with Gasteiger partial charge in [0, 0.05) is 0 Å². The molecule has 0 saturated heterocycles. The van der Waals surface area contributed by atoms with Gasteiger partial charge in [-0.05, 0) is 44.5 Å². The Labute approximate surface area is 157 Å². The third-order valence-electron chi connectivity index (χ3n) is 4.01. The third kappa shape index (κ3) is 2.67. The molecular weight excluding hydrogens is 319 g/mol. The summed E-state index contributed by atoms with van der Waals surface area (Å²) in [6.45, 7) is 0. The fraction of sp³-hybridized carbons (Fsp3) is 0. The van der Waals surface area contributed by atoms with Gasteiger partial charge >= 0.3 is 29.6 Å². The van der Waals surface area contributed by atoms with Crippen molar-refractivity contribution in [1.82, 2.24) is 0 Å². The molecule has 0 atom stereocenters. The molecule has 0 aliphatic heterocycles. The molecule has 0 aromatic heterocycles. The number of rotatable bonds is 1. The monoisotopic (exact) mass is 332 g/mol. The van der Waals surface area contributed by atoms with Gasteiger partial charge in [0.15, 0.2) is 0 Å². The summed E-state index contributed by atoms with van der Waals surface area (Å²) in [4.78, 5) is -0.0829. The van der Waals surface area contributed by atoms with Gasteiger partial charge in [0.1, 0.15) is 0 Å². The molecule has 4 rings (SSSR count). The van der Waals surface area contributed by atoms with Crippen LogP contribution in [0.3, 0.4) is 0 Å². The smallest absolute Gasteiger partial charge is 1.00 e. The van der Waals surface area contributed by atoms with E-state index in [1.165, 1.54) is 6.07 Å². The zero-order chi connectivity index (χ0) is 15.3. The van der Waals surface area contributed by atoms with Crippen LogP contribution in [-0.4, -0.2) is 13.0 Å². The van der Waals surface area contributed by atoms with Crippen LogP contribution in [0.25, 0.3) is 32.3 Å². The molecule has 23 heavy (non-hydrogen) atoms. The maximum absolute atomic E-state index is 11.4. The molecule has 4 aromatic carbocycles. The Bertz CT molecular complexity index is 1120. The van der Waals surface area contributed by atoms with Crippen molar-refractivity contribution in [3.05, 3.63) is 66.7 Å². The molecule has 0 radical (unpaired) electrons. The summed E-state index contributed by atoms with van der Waals surface area (Å²) in [5.74, 6) is 0. The predicted molar refractivity (Wildman–Crippen MR) is 89.9 cm³/mol. The quantitative estimate of drug-likeness (QED) is 0.327. The van der Waals surface area contributed by atoms with E-state index < -0.39 is 10.1 Å². The molecular formula is C18H13NaO3S. The summed E-state index contributed by atoms with van der Waals surface area (Å²) in [6.07, 6.45) is 0. The standard InChI is InChI=1S/C18H12O3S.Na.H/c19-22(20,21)12-9-10-17-15-7-2-1-5-13(15)14-6-3-4-8-16(14)18(17)11-12;;/h1-11H,(H,19,20,21);;/q;+1;-1. The minimum atomic E-state index is -4.22. The Hall–Kier alpha value is -1.43. The number of hydrogen-bond acceptors (Lipinski definition) is 2. The van der Waals surface area contributed by atoms with Gasteiger partial charge in [0.05, 0.1) is 4.90 Å². The van der Waals surface area contributed by atoms with Crippen LogP contribution in [0.2, 0.25) is 0 Å². The maximum atomic E-state index is 11.4. The zero-order valence-electron chi connectivity index (χ0n) is 13.5. The molecule has 0 aliphatic rings. The summed E-state index contributed by atoms with van der Waals surface area (Å²) in [7, 11) is -4.22. The van der Waals surface area contributed by atoms with Crippen LogP contribution in [0.5, 0.6) is 0 Å². The third-order valence-corrected chi connectivity index (χ3v) is 4.86. The van der Waals surface area contributed by atoms with Crippen LogP contribution >= 0.6 is 0 Å². The maximum Gasteiger partial charge on any atom is 1.00 e. The summed E-state index contributed by atoms with van der Waals surface area (Å²) in [5, 5.41) is 6.04. The Balaban J connectivity index is 0.00000104. The number of benzene rings is 4. The second-order valence-electron chi connectivity index (χ2n) is 5.27. The summed E-state index contributed by atoms with van der Waals surface area (Å²) >= 11 is 0. The molecule has 0 aliphatic carbocycles. The van der Waals surface area contributed by atoms with Crippen molar-refractivity contribution in [2.45, 2.75) is 4.90 Å². The Morgan fingerprint density at radius 3 is 1.48 bits per heavy atom. The van der Waals surface area contributed by atoms with E-state index in [9.17, 15) is 13.0 Å². The van der Waals surface area contributed by atoms with Gasteiger partial charge in [-0.2, -0.15) is 8.42 Å². The van der Waals surface area contributed by atoms with Gasteiger partial charge in [0.25, 0.3) is 10.1 Å². The van der Waals surface area contributed by atoms with Crippen LogP contribution in [0.1, 0.15) is 1.43 Å². The van der Waals surface area contributed by atoms with Crippen molar-refractivity contribution in [3.63, 3.8) is 0 Å². The molecule has 0 fully saturated rings. The molecule has 0 bridgehead atoms. The first-order valence-electron chi connectivity index (χ1n) is 6.86. The molecule has 4 aromatic rings. The first-order valence-corrected chi connectivity index (χ1v) is 8.30. The summed E-state index contributed by atoms with van der Waals surface area (Å²) in [6, 6.07) is 20.7. The second kappa shape index (κ2) is 5.89. The van der Waals surface area contributed by atoms with Crippen LogP contribution in [0, 0.1) is 0 Å². The fourth-order valence-electron chi connectivity index (χ4n) is 3.05. The summed E-state index contributed by atoms with van der Waals surface area (Å²) < 4.78 is 32.2. The van der Waals surface area contributed by atoms with E-state index in [1.807, 2.05) is 42.5 Å². The van der Waals surface area contributed by atoms with Gasteiger partial charge in [-0.3, -0.25) is 4.55 Å². The molecule has 5 heteroatoms. The molecule has 1 N–H and O–H groups in total. The first kappa shape index (κ1) is 16.4. The van der Waals surface area contributed by atoms with E-state index in [1.54, 1.807) is 12.1 Å². The average molecular weight is 332 g/mol. The zero-order valence-corrected chi connectivity index (χ0v) is 15.3. The van der Waals surface area contributed by atoms with Crippen LogP contribution < -0.4 is 29.6 Å². The molecule has 0 saturated carbocycles. The second-order valence-corrected chi connectivity index (χ2v) is 6.70. The Morgan fingerprint density at radius 2 is 1.04 bits per heavy atom. The Kier molecular flexibility index (Phi) is 4.21. The number of hydrogen-bond donors (Lipinski definition) is 1. The van der Waals surface area contributed by atoms with Gasteiger partial charge < -0.3 is 1.43 Å². The van der Waals surface area contributed by atoms with Gasteiger partial charge in [-0.15, -0.1) is 0 Å². The molecule has 110 valence electrons. The SMILES string of the molecule is O=S(=O)(O)c1ccc2c3ccccc3c3ccccc3c2c1.[H-].[Na+]. The molecule has 0 spiro atoms. The first-order chi connectivity index (χ1) is 10.6. The molecule has 3 nitrogen and oxygen atoms in total. The van der Waals surface area contributed by atoms with Crippen molar-refractivity contribution < 1.29 is 44.0 Å². The van der Waals surface area contributed by atoms with Crippen molar-refractivity contribution >= 4 is 42.4 Å². The van der Waals surface area contributed by atoms with Gasteiger partial charge in [-0.1, -0.05) is 54.6 Å². The molecule has 0 unspecified atom stereocenters. The van der Waals surface area contributed by atoms with Gasteiger partial charge in [-0.25, -0.2) is 0 Å². The summed E-state index contributed by atoms with van der Waals surface area (Å²) in [5.41, 5.74) is 0. The predicted octanol–water partition coefficient (Wildman–Crippen LogP) is 1.51. The van der Waals surface area contributed by atoms with E-state index in [4.69, 9.17) is 0 Å². The van der Waals surface area contributed by atoms with E-state index in [-0.39, 0.29) is 35.9 Å². The minimum Gasteiger partial charge on any atom is -1.00 e. The normalized spacial score (nSPS) is 11.7. The molecule has 0 amide bonds. The van der Waals surface area contributed by atoms with E-state index >= 15 is 0 Å². The van der Waals surface area contributed by atoms with Crippen LogP contribution in [0.4, 0.5) is 0 Å². The van der Waals surface area contributed by atoms with Crippen molar-refractivity contribution in [2.24, 2.45) is 0 Å². The van der Waals surface area contributed by atoms with Crippen molar-refractivity contribution in [3.8, 4) is 0 Å². The van der Waals surface area contributed by atoms with Crippen LogP contribution in [-0.2, 0) is 10.1 Å². The van der Waals surface area contributed by atoms with E-state index in [2.05, 4.69) is 6.07 Å². The van der Waals surface area contributed by atoms with E-state index in [0.717, 1.165) is 32.3 Å². The largest absolute Gasteiger partial charge is 1.00 e. The average Bonchev–Trinajstić information content (AvgIpc) is 2.54. The Morgan fingerprint density at radius 1 is 0.652 bits per heavy atom. The minimum absolute atomic E-state index is 0. The van der Waals surface area contributed by atoms with E-state index in [0.29, 0.717) is 0 Å². The van der Waals surface area contributed by atoms with Crippen molar-refractivity contribution in [1.29, 1.82) is 0 Å². The fourth-order valence-corrected chi connectivity index (χ4v) is 3.55. The number of fused-ring (bicyclic) bond motifs is 6. The van der Waals surface area contributed by atoms with Crippen molar-refractivity contribution in [2.75, 3.05) is 0 Å².